The molecule has 7 nitrogen and oxygen atoms in total. The molecule has 29 heavy (non-hydrogen) atoms. The van der Waals surface area contributed by atoms with Crippen LogP contribution in [0.4, 0.5) is 0 Å². The molecule has 0 aliphatic rings. The van der Waals surface area contributed by atoms with Crippen molar-refractivity contribution >= 4 is 5.91 Å². The average molecular weight is 385 g/mol. The van der Waals surface area contributed by atoms with Crippen LogP contribution in [0, 0.1) is 13.8 Å². The zero-order valence-electron chi connectivity index (χ0n) is 16.1. The van der Waals surface area contributed by atoms with E-state index >= 15 is 0 Å². The Balaban J connectivity index is 1.43. The maximum Gasteiger partial charge on any atom is 0.273 e. The summed E-state index contributed by atoms with van der Waals surface area (Å²) in [6.45, 7) is 4.29. The first-order chi connectivity index (χ1) is 14.1. The lowest BCUT2D eigenvalue weighted by molar-refractivity contribution is 0.0942. The monoisotopic (exact) mass is 385 g/mol. The molecular formula is C22H19N5O2. The molecule has 0 saturated carbocycles. The van der Waals surface area contributed by atoms with E-state index in [9.17, 15) is 4.79 Å². The molecule has 0 aliphatic heterocycles. The lowest BCUT2D eigenvalue weighted by Gasteiger charge is -2.09. The van der Waals surface area contributed by atoms with Crippen LogP contribution < -0.4 is 5.32 Å². The Morgan fingerprint density at radius 1 is 1.03 bits per heavy atom. The largest absolute Gasteiger partial charge is 0.354 e. The predicted octanol–water partition coefficient (Wildman–Crippen LogP) is 3.74. The Hall–Kier alpha value is -3.87. The van der Waals surface area contributed by atoms with Gasteiger partial charge >= 0.3 is 0 Å². The zero-order chi connectivity index (χ0) is 20.2. The minimum atomic E-state index is -0.317. The first-order valence-corrected chi connectivity index (χ1v) is 9.15. The molecule has 0 bridgehead atoms. The molecule has 0 atom stereocenters. The summed E-state index contributed by atoms with van der Waals surface area (Å²) in [6, 6.07) is 13.0. The molecule has 7 heteroatoms. The van der Waals surface area contributed by atoms with Crippen LogP contribution in [0.25, 0.3) is 22.7 Å². The number of hydrogen-bond donors (Lipinski definition) is 1. The van der Waals surface area contributed by atoms with Crippen LogP contribution in [0.2, 0.25) is 0 Å². The van der Waals surface area contributed by atoms with Crippen LogP contribution >= 0.6 is 0 Å². The van der Waals surface area contributed by atoms with E-state index in [0.29, 0.717) is 18.0 Å². The van der Waals surface area contributed by atoms with Crippen LogP contribution in [0.15, 0.2) is 65.6 Å². The fraction of sp³-hybridized carbons (Fsp3) is 0.136. The van der Waals surface area contributed by atoms with Crippen molar-refractivity contribution in [1.82, 2.24) is 25.4 Å². The van der Waals surface area contributed by atoms with Crippen molar-refractivity contribution in [2.75, 3.05) is 0 Å². The quantitative estimate of drug-likeness (QED) is 0.562. The molecule has 4 aromatic rings. The normalized spacial score (nSPS) is 10.7. The molecule has 4 heterocycles. The van der Waals surface area contributed by atoms with Gasteiger partial charge in [-0.25, -0.2) is 0 Å². The number of rotatable bonds is 5. The Morgan fingerprint density at radius 2 is 1.93 bits per heavy atom. The number of amides is 1. The van der Waals surface area contributed by atoms with Crippen molar-refractivity contribution in [1.29, 1.82) is 0 Å². The first kappa shape index (κ1) is 18.5. The summed E-state index contributed by atoms with van der Waals surface area (Å²) in [5.41, 5.74) is 5.63. The number of carbonyl (C=O) groups is 1. The minimum Gasteiger partial charge on any atom is -0.354 e. The van der Waals surface area contributed by atoms with Gasteiger partial charge in [0.2, 0.25) is 0 Å². The Bertz CT molecular complexity index is 1150. The van der Waals surface area contributed by atoms with E-state index in [1.807, 2.05) is 44.2 Å². The maximum absolute atomic E-state index is 12.4. The van der Waals surface area contributed by atoms with E-state index in [1.54, 1.807) is 30.7 Å². The summed E-state index contributed by atoms with van der Waals surface area (Å²) in [7, 11) is 0. The van der Waals surface area contributed by atoms with Crippen LogP contribution in [0.1, 0.15) is 27.3 Å². The van der Waals surface area contributed by atoms with Gasteiger partial charge in [0.25, 0.3) is 5.91 Å². The summed E-state index contributed by atoms with van der Waals surface area (Å²) >= 11 is 0. The van der Waals surface area contributed by atoms with Crippen molar-refractivity contribution in [2.45, 2.75) is 20.4 Å². The Kier molecular flexibility index (Phi) is 5.11. The van der Waals surface area contributed by atoms with E-state index in [1.165, 1.54) is 0 Å². The Morgan fingerprint density at radius 3 is 2.69 bits per heavy atom. The van der Waals surface area contributed by atoms with Gasteiger partial charge in [-0.2, -0.15) is 0 Å². The molecule has 144 valence electrons. The van der Waals surface area contributed by atoms with Crippen LogP contribution in [0.3, 0.4) is 0 Å². The molecule has 0 aromatic carbocycles. The van der Waals surface area contributed by atoms with E-state index in [4.69, 9.17) is 4.52 Å². The Labute approximate surface area is 167 Å². The number of hydrogen-bond acceptors (Lipinski definition) is 6. The van der Waals surface area contributed by atoms with Crippen LogP contribution in [-0.2, 0) is 6.54 Å². The summed E-state index contributed by atoms with van der Waals surface area (Å²) in [6.07, 6.45) is 5.20. The van der Waals surface area contributed by atoms with E-state index < -0.39 is 0 Å². The van der Waals surface area contributed by atoms with Gasteiger partial charge in [-0.1, -0.05) is 17.3 Å². The number of nitrogens with one attached hydrogen (secondary N) is 1. The number of aryl methyl sites for hydroxylation is 2. The molecule has 0 saturated heterocycles. The fourth-order valence-corrected chi connectivity index (χ4v) is 3.01. The third-order valence-corrected chi connectivity index (χ3v) is 4.42. The maximum atomic E-state index is 12.4. The highest BCUT2D eigenvalue weighted by molar-refractivity contribution is 5.92. The molecule has 0 fully saturated rings. The van der Waals surface area contributed by atoms with Crippen molar-refractivity contribution in [3.63, 3.8) is 0 Å². The van der Waals surface area contributed by atoms with E-state index in [0.717, 1.165) is 28.1 Å². The number of pyridine rings is 3. The van der Waals surface area contributed by atoms with Crippen molar-refractivity contribution in [2.24, 2.45) is 0 Å². The van der Waals surface area contributed by atoms with Gasteiger partial charge < -0.3 is 9.84 Å². The lowest BCUT2D eigenvalue weighted by atomic mass is 10.1. The fourth-order valence-electron chi connectivity index (χ4n) is 3.01. The molecule has 0 spiro atoms. The molecular weight excluding hydrogens is 366 g/mol. The second kappa shape index (κ2) is 8.02. The molecule has 0 unspecified atom stereocenters. The summed E-state index contributed by atoms with van der Waals surface area (Å²) < 4.78 is 5.23. The number of aromatic nitrogens is 4. The van der Waals surface area contributed by atoms with Crippen molar-refractivity contribution < 1.29 is 9.32 Å². The SMILES string of the molecule is Cc1cc(-c2ncc(CNC(=O)c3cc(-c4ccccn4)on3)cc2C)ccn1. The zero-order valence-corrected chi connectivity index (χ0v) is 16.1. The highest BCUT2D eigenvalue weighted by Crippen LogP contribution is 2.22. The van der Waals surface area contributed by atoms with Gasteiger partial charge in [0.05, 0.1) is 5.69 Å². The van der Waals surface area contributed by atoms with Gasteiger partial charge in [0.1, 0.15) is 5.69 Å². The smallest absolute Gasteiger partial charge is 0.273 e. The van der Waals surface area contributed by atoms with Crippen molar-refractivity contribution in [3.8, 4) is 22.7 Å². The van der Waals surface area contributed by atoms with Gasteiger partial charge in [0, 0.05) is 42.5 Å². The summed E-state index contributed by atoms with van der Waals surface area (Å²) in [5.74, 6) is 0.132. The van der Waals surface area contributed by atoms with Crippen LogP contribution in [0.5, 0.6) is 0 Å². The lowest BCUT2D eigenvalue weighted by Crippen LogP contribution is -2.23. The molecule has 1 amide bonds. The van der Waals surface area contributed by atoms with Gasteiger partial charge in [0.15, 0.2) is 11.5 Å². The predicted molar refractivity (Wildman–Crippen MR) is 108 cm³/mol. The molecule has 0 aliphatic carbocycles. The van der Waals surface area contributed by atoms with E-state index in [2.05, 4.69) is 25.4 Å². The first-order valence-electron chi connectivity index (χ1n) is 9.15. The third-order valence-electron chi connectivity index (χ3n) is 4.42. The molecule has 1 N–H and O–H groups in total. The third kappa shape index (κ3) is 4.19. The number of carbonyl (C=O) groups excluding carboxylic acids is 1. The highest BCUT2D eigenvalue weighted by Gasteiger charge is 2.14. The standard InChI is InChI=1S/C22H19N5O2/c1-14-9-16(12-25-21(14)17-6-8-23-15(2)10-17)13-26-22(28)19-11-20(29-27-19)18-5-3-4-7-24-18/h3-12H,13H2,1-2H3,(H,26,28). The van der Waals surface area contributed by atoms with Crippen LogP contribution in [-0.4, -0.2) is 26.0 Å². The summed E-state index contributed by atoms with van der Waals surface area (Å²) in [5, 5.41) is 6.68. The second-order valence-corrected chi connectivity index (χ2v) is 6.67. The van der Waals surface area contributed by atoms with E-state index in [-0.39, 0.29) is 11.6 Å². The highest BCUT2D eigenvalue weighted by atomic mass is 16.5. The average Bonchev–Trinajstić information content (AvgIpc) is 3.23. The topological polar surface area (TPSA) is 93.8 Å². The van der Waals surface area contributed by atoms with Gasteiger partial charge in [-0.05, 0) is 49.2 Å². The molecule has 0 radical (unpaired) electrons. The molecule has 4 rings (SSSR count). The minimum absolute atomic E-state index is 0.208. The van der Waals surface area contributed by atoms with Gasteiger partial charge in [-0.3, -0.25) is 19.7 Å². The summed E-state index contributed by atoms with van der Waals surface area (Å²) in [4.78, 5) is 25.4. The second-order valence-electron chi connectivity index (χ2n) is 6.67. The van der Waals surface area contributed by atoms with Crippen molar-refractivity contribution in [3.05, 3.63) is 83.6 Å². The number of nitrogens with zero attached hydrogens (tertiary/aromatic N) is 4. The van der Waals surface area contributed by atoms with Gasteiger partial charge in [-0.15, -0.1) is 0 Å². The molecule has 4 aromatic heterocycles.